The molecule has 41 heavy (non-hydrogen) atoms. The normalized spacial score (nSPS) is 22.2. The van der Waals surface area contributed by atoms with Crippen LogP contribution in [0.1, 0.15) is 6.42 Å². The molecule has 6 N–H and O–H groups in total. The number of ether oxygens (including phenoxy) is 5. The minimum absolute atomic E-state index is 0.00591. The largest absolute Gasteiger partial charge is 0.507 e. The highest BCUT2D eigenvalue weighted by Crippen LogP contribution is 2.41. The van der Waals surface area contributed by atoms with Gasteiger partial charge in [0.05, 0.1) is 14.2 Å². The number of hydrogen-bond donors (Lipinski definition) is 6. The summed E-state index contributed by atoms with van der Waals surface area (Å²) >= 11 is 0. The number of esters is 1. The van der Waals surface area contributed by atoms with Crippen molar-refractivity contribution in [2.45, 2.75) is 37.1 Å². The van der Waals surface area contributed by atoms with Gasteiger partial charge >= 0.3 is 11.9 Å². The number of carboxylic acid groups (broad SMARTS) is 1. The van der Waals surface area contributed by atoms with E-state index in [9.17, 15) is 39.9 Å². The molecule has 0 unspecified atom stereocenters. The molecule has 1 aromatic heterocycles. The van der Waals surface area contributed by atoms with Gasteiger partial charge in [-0.15, -0.1) is 0 Å². The lowest BCUT2D eigenvalue weighted by molar-refractivity contribution is -0.278. The lowest BCUT2D eigenvalue weighted by Crippen LogP contribution is -2.60. The SMILES string of the molecule is COc1cc(-c2cc(=O)c3c(O)cc(O[C@@H]4O[C@H](COC(=O)CC(=O)O)[C@@H](O)[C@H](O)[C@H]4O)cc3o2)cc(OC)c1O. The molecule has 1 saturated heterocycles. The topological polar surface area (TPSA) is 232 Å². The van der Waals surface area contributed by atoms with Crippen molar-refractivity contribution in [2.75, 3.05) is 20.8 Å². The van der Waals surface area contributed by atoms with Crippen molar-refractivity contribution >= 4 is 22.9 Å². The number of benzene rings is 2. The summed E-state index contributed by atoms with van der Waals surface area (Å²) in [6.45, 7) is -0.669. The molecule has 0 spiro atoms. The fraction of sp³-hybridized carbons (Fsp3) is 0.346. The maximum Gasteiger partial charge on any atom is 0.317 e. The number of carboxylic acids is 1. The maximum atomic E-state index is 12.9. The lowest BCUT2D eigenvalue weighted by Gasteiger charge is -2.39. The number of phenols is 2. The van der Waals surface area contributed by atoms with Crippen molar-refractivity contribution in [3.63, 3.8) is 0 Å². The van der Waals surface area contributed by atoms with E-state index in [1.54, 1.807) is 0 Å². The van der Waals surface area contributed by atoms with Crippen LogP contribution in [-0.2, 0) is 19.1 Å². The Morgan fingerprint density at radius 1 is 0.927 bits per heavy atom. The Balaban J connectivity index is 1.64. The van der Waals surface area contributed by atoms with E-state index < -0.39 is 66.9 Å². The fourth-order valence-electron chi connectivity index (χ4n) is 4.12. The average Bonchev–Trinajstić information content (AvgIpc) is 2.92. The highest BCUT2D eigenvalue weighted by Gasteiger charge is 2.45. The third-order valence-electron chi connectivity index (χ3n) is 6.17. The molecule has 0 aliphatic carbocycles. The summed E-state index contributed by atoms with van der Waals surface area (Å²) in [6.07, 6.45) is -9.41. The molecule has 5 atom stereocenters. The van der Waals surface area contributed by atoms with Crippen molar-refractivity contribution < 1.29 is 68.3 Å². The van der Waals surface area contributed by atoms with Gasteiger partial charge in [-0.3, -0.25) is 14.4 Å². The van der Waals surface area contributed by atoms with Crippen LogP contribution in [0.5, 0.6) is 28.7 Å². The van der Waals surface area contributed by atoms with E-state index in [4.69, 9.17) is 33.2 Å². The van der Waals surface area contributed by atoms with E-state index in [2.05, 4.69) is 0 Å². The number of carbonyl (C=O) groups is 2. The first-order valence-corrected chi connectivity index (χ1v) is 11.9. The first kappa shape index (κ1) is 29.4. The number of rotatable bonds is 9. The highest BCUT2D eigenvalue weighted by molar-refractivity contribution is 5.90. The first-order valence-electron chi connectivity index (χ1n) is 11.9. The summed E-state index contributed by atoms with van der Waals surface area (Å²) in [4.78, 5) is 35.1. The summed E-state index contributed by atoms with van der Waals surface area (Å²) in [7, 11) is 2.64. The first-order chi connectivity index (χ1) is 19.4. The summed E-state index contributed by atoms with van der Waals surface area (Å²) in [6, 6.07) is 6.12. The molecule has 2 heterocycles. The molecule has 2 aromatic carbocycles. The van der Waals surface area contributed by atoms with E-state index in [0.29, 0.717) is 0 Å². The van der Waals surface area contributed by atoms with E-state index in [0.717, 1.165) is 12.1 Å². The summed E-state index contributed by atoms with van der Waals surface area (Å²) in [5, 5.41) is 60.1. The van der Waals surface area contributed by atoms with Crippen LogP contribution in [0, 0.1) is 0 Å². The molecular weight excluding hydrogens is 552 g/mol. The minimum Gasteiger partial charge on any atom is -0.507 e. The second-order valence-electron chi connectivity index (χ2n) is 8.91. The van der Waals surface area contributed by atoms with Gasteiger partial charge in [-0.1, -0.05) is 0 Å². The standard InChI is InChI=1S/C26H26O15/c1-36-16-3-10(4-17(37-2)22(16)32)14-7-13(28)21-12(27)5-11(6-15(21)40-14)39-26-25(35)24(34)23(33)18(41-26)9-38-20(31)8-19(29)30/h3-7,18,23-27,32-35H,8-9H2,1-2H3,(H,29,30)/t18-,23-,24+,25-,26-/m1/s1. The highest BCUT2D eigenvalue weighted by atomic mass is 16.7. The molecule has 4 rings (SSSR count). The fourth-order valence-corrected chi connectivity index (χ4v) is 4.12. The number of aliphatic hydroxyl groups is 3. The Labute approximate surface area is 230 Å². The number of aliphatic carboxylic acids is 1. The van der Waals surface area contributed by atoms with Crippen LogP contribution in [0.4, 0.5) is 0 Å². The Morgan fingerprint density at radius 3 is 2.20 bits per heavy atom. The molecule has 1 aliphatic rings. The summed E-state index contributed by atoms with van der Waals surface area (Å²) < 4.78 is 31.9. The second-order valence-corrected chi connectivity index (χ2v) is 8.91. The van der Waals surface area contributed by atoms with Crippen molar-refractivity contribution in [3.05, 3.63) is 40.6 Å². The van der Waals surface area contributed by atoms with Gasteiger partial charge < -0.3 is 58.7 Å². The van der Waals surface area contributed by atoms with Crippen molar-refractivity contribution in [2.24, 2.45) is 0 Å². The van der Waals surface area contributed by atoms with E-state index in [-0.39, 0.29) is 45.3 Å². The Kier molecular flexibility index (Phi) is 8.53. The number of carbonyl (C=O) groups excluding carboxylic acids is 1. The molecule has 15 heteroatoms. The molecule has 0 saturated carbocycles. The van der Waals surface area contributed by atoms with E-state index in [1.807, 2.05) is 0 Å². The van der Waals surface area contributed by atoms with Crippen LogP contribution >= 0.6 is 0 Å². The van der Waals surface area contributed by atoms with Crippen molar-refractivity contribution in [3.8, 4) is 40.1 Å². The number of aromatic hydroxyl groups is 2. The summed E-state index contributed by atoms with van der Waals surface area (Å²) in [5.41, 5.74) is -0.504. The second kappa shape index (κ2) is 11.9. The van der Waals surface area contributed by atoms with Gasteiger partial charge in [0.15, 0.2) is 16.9 Å². The van der Waals surface area contributed by atoms with Gasteiger partial charge in [0, 0.05) is 23.8 Å². The Bertz CT molecular complexity index is 1490. The molecule has 0 radical (unpaired) electrons. The van der Waals surface area contributed by atoms with Crippen LogP contribution in [0.15, 0.2) is 39.5 Å². The lowest BCUT2D eigenvalue weighted by atomic mass is 9.99. The zero-order chi connectivity index (χ0) is 30.0. The monoisotopic (exact) mass is 578 g/mol. The molecule has 1 aliphatic heterocycles. The molecular formula is C26H26O15. The number of hydrogen-bond acceptors (Lipinski definition) is 14. The number of phenolic OH excluding ortho intramolecular Hbond substituents is 2. The van der Waals surface area contributed by atoms with Crippen LogP contribution in [0.3, 0.4) is 0 Å². The molecule has 0 bridgehead atoms. The zero-order valence-corrected chi connectivity index (χ0v) is 21.5. The van der Waals surface area contributed by atoms with Crippen LogP contribution in [0.2, 0.25) is 0 Å². The smallest absolute Gasteiger partial charge is 0.317 e. The Morgan fingerprint density at radius 2 is 1.59 bits per heavy atom. The van der Waals surface area contributed by atoms with E-state index >= 15 is 0 Å². The number of methoxy groups -OCH3 is 2. The van der Waals surface area contributed by atoms with Gasteiger partial charge in [-0.2, -0.15) is 0 Å². The third-order valence-corrected chi connectivity index (χ3v) is 6.17. The molecule has 3 aromatic rings. The van der Waals surface area contributed by atoms with Crippen molar-refractivity contribution in [1.29, 1.82) is 0 Å². The third kappa shape index (κ3) is 6.12. The van der Waals surface area contributed by atoms with Crippen LogP contribution in [0.25, 0.3) is 22.3 Å². The van der Waals surface area contributed by atoms with Gasteiger partial charge in [-0.05, 0) is 12.1 Å². The predicted molar refractivity (Wildman–Crippen MR) is 135 cm³/mol. The van der Waals surface area contributed by atoms with Crippen LogP contribution < -0.4 is 19.6 Å². The maximum absolute atomic E-state index is 12.9. The number of fused-ring (bicyclic) bond motifs is 1. The van der Waals surface area contributed by atoms with Crippen molar-refractivity contribution in [1.82, 2.24) is 0 Å². The van der Waals surface area contributed by atoms with Gasteiger partial charge in [0.2, 0.25) is 12.0 Å². The quantitative estimate of drug-likeness (QED) is 0.146. The molecule has 220 valence electrons. The van der Waals surface area contributed by atoms with Gasteiger partial charge in [0.1, 0.15) is 65.7 Å². The van der Waals surface area contributed by atoms with Crippen LogP contribution in [-0.4, -0.2) is 94.1 Å². The summed E-state index contributed by atoms with van der Waals surface area (Å²) in [5.74, 6) is -3.50. The Hall–Kier alpha value is -4.57. The van der Waals surface area contributed by atoms with Gasteiger partial charge in [-0.25, -0.2) is 0 Å². The number of aliphatic hydroxyl groups excluding tert-OH is 3. The van der Waals surface area contributed by atoms with Gasteiger partial charge in [0.25, 0.3) is 0 Å². The molecule has 15 nitrogen and oxygen atoms in total. The van der Waals surface area contributed by atoms with E-state index in [1.165, 1.54) is 32.4 Å². The molecule has 1 fully saturated rings. The zero-order valence-electron chi connectivity index (χ0n) is 21.5. The minimum atomic E-state index is -1.82. The average molecular weight is 578 g/mol. The molecule has 0 amide bonds. The predicted octanol–water partition coefficient (Wildman–Crippen LogP) is 0.0927.